The van der Waals surface area contributed by atoms with E-state index in [-0.39, 0.29) is 0 Å². The minimum atomic E-state index is -0.806. The number of rotatable bonds is 2. The first kappa shape index (κ1) is 10.1. The largest absolute Gasteiger partial charge is 0.497 e. The second-order valence-electron chi connectivity index (χ2n) is 3.80. The molecule has 1 N–H and O–H groups in total. The lowest BCUT2D eigenvalue weighted by molar-refractivity contribution is 0.0783. The summed E-state index contributed by atoms with van der Waals surface area (Å²) >= 11 is 0. The molecule has 0 aliphatic heterocycles. The van der Waals surface area contributed by atoms with Gasteiger partial charge in [0.05, 0.1) is 12.7 Å². The molecule has 1 rings (SSSR count). The number of hydrogen-bond donors (Lipinski definition) is 1. The van der Waals surface area contributed by atoms with Crippen LogP contribution in [0, 0.1) is 6.92 Å². The quantitative estimate of drug-likeness (QED) is 0.756. The molecule has 2 heteroatoms. The van der Waals surface area contributed by atoms with Gasteiger partial charge >= 0.3 is 0 Å². The zero-order valence-electron chi connectivity index (χ0n) is 8.59. The number of methoxy groups -OCH3 is 1. The maximum atomic E-state index is 9.78. The minimum Gasteiger partial charge on any atom is -0.497 e. The molecule has 0 amide bonds. The van der Waals surface area contributed by atoms with Gasteiger partial charge in [-0.25, -0.2) is 0 Å². The van der Waals surface area contributed by atoms with Crippen molar-refractivity contribution in [3.8, 4) is 5.75 Å². The fraction of sp³-hybridized carbons (Fsp3) is 0.455. The highest BCUT2D eigenvalue weighted by Crippen LogP contribution is 2.25. The second-order valence-corrected chi connectivity index (χ2v) is 3.80. The molecule has 0 aliphatic carbocycles. The number of aliphatic hydroxyl groups is 1. The first-order valence-electron chi connectivity index (χ1n) is 4.32. The molecular weight excluding hydrogens is 164 g/mol. The van der Waals surface area contributed by atoms with Crippen LogP contribution in [0.2, 0.25) is 0 Å². The normalized spacial score (nSPS) is 11.5. The van der Waals surface area contributed by atoms with Gasteiger partial charge in [-0.3, -0.25) is 0 Å². The third-order valence-corrected chi connectivity index (χ3v) is 1.99. The summed E-state index contributed by atoms with van der Waals surface area (Å²) in [5.74, 6) is 0.789. The van der Waals surface area contributed by atoms with Crippen LogP contribution in [0.15, 0.2) is 18.2 Å². The van der Waals surface area contributed by atoms with Crippen LogP contribution in [-0.4, -0.2) is 12.2 Å². The fourth-order valence-electron chi connectivity index (χ4n) is 1.22. The van der Waals surface area contributed by atoms with Crippen molar-refractivity contribution in [2.24, 2.45) is 0 Å². The molecule has 72 valence electrons. The van der Waals surface area contributed by atoms with Gasteiger partial charge in [-0.05, 0) is 44.0 Å². The Kier molecular flexibility index (Phi) is 2.62. The summed E-state index contributed by atoms with van der Waals surface area (Å²) in [5.41, 5.74) is 1.17. The average molecular weight is 180 g/mol. The van der Waals surface area contributed by atoms with Crippen LogP contribution >= 0.6 is 0 Å². The standard InChI is InChI=1S/C11H16O2/c1-8-5-9(11(2,3)12)7-10(6-8)13-4/h5-7,12H,1-4H3. The molecule has 0 unspecified atom stereocenters. The minimum absolute atomic E-state index is 0.789. The topological polar surface area (TPSA) is 29.5 Å². The Hall–Kier alpha value is -1.02. The summed E-state index contributed by atoms with van der Waals surface area (Å²) in [6, 6.07) is 5.75. The van der Waals surface area contributed by atoms with Gasteiger partial charge in [0.25, 0.3) is 0 Å². The molecule has 0 radical (unpaired) electrons. The van der Waals surface area contributed by atoms with Crippen LogP contribution in [0.25, 0.3) is 0 Å². The summed E-state index contributed by atoms with van der Waals surface area (Å²) in [7, 11) is 1.63. The first-order valence-corrected chi connectivity index (χ1v) is 4.32. The number of aryl methyl sites for hydroxylation is 1. The summed E-state index contributed by atoms with van der Waals surface area (Å²) in [4.78, 5) is 0. The van der Waals surface area contributed by atoms with Crippen molar-refractivity contribution in [3.63, 3.8) is 0 Å². The monoisotopic (exact) mass is 180 g/mol. The third kappa shape index (κ3) is 2.46. The Labute approximate surface area is 79.2 Å². The molecule has 0 atom stereocenters. The smallest absolute Gasteiger partial charge is 0.119 e. The highest BCUT2D eigenvalue weighted by Gasteiger charge is 2.16. The Morgan fingerprint density at radius 2 is 1.85 bits per heavy atom. The van der Waals surface area contributed by atoms with Crippen LogP contribution < -0.4 is 4.74 Å². The van der Waals surface area contributed by atoms with Crippen LogP contribution in [0.4, 0.5) is 0 Å². The van der Waals surface area contributed by atoms with Crippen molar-refractivity contribution in [2.45, 2.75) is 26.4 Å². The molecule has 0 saturated carbocycles. The molecule has 0 fully saturated rings. The van der Waals surface area contributed by atoms with E-state index in [1.54, 1.807) is 21.0 Å². The van der Waals surface area contributed by atoms with Gasteiger partial charge in [-0.1, -0.05) is 6.07 Å². The van der Waals surface area contributed by atoms with E-state index in [2.05, 4.69) is 0 Å². The molecular formula is C11H16O2. The Morgan fingerprint density at radius 1 is 1.23 bits per heavy atom. The maximum absolute atomic E-state index is 9.78. The molecule has 1 aromatic rings. The number of ether oxygens (including phenoxy) is 1. The van der Waals surface area contributed by atoms with E-state index in [9.17, 15) is 5.11 Å². The molecule has 0 spiro atoms. The maximum Gasteiger partial charge on any atom is 0.119 e. The molecule has 0 aliphatic rings. The van der Waals surface area contributed by atoms with Gasteiger partial charge < -0.3 is 9.84 Å². The zero-order chi connectivity index (χ0) is 10.1. The van der Waals surface area contributed by atoms with Crippen molar-refractivity contribution in [1.82, 2.24) is 0 Å². The molecule has 2 nitrogen and oxygen atoms in total. The van der Waals surface area contributed by atoms with Gasteiger partial charge in [0.2, 0.25) is 0 Å². The van der Waals surface area contributed by atoms with Crippen LogP contribution in [-0.2, 0) is 5.60 Å². The van der Waals surface area contributed by atoms with Crippen molar-refractivity contribution < 1.29 is 9.84 Å². The molecule has 13 heavy (non-hydrogen) atoms. The lowest BCUT2D eigenvalue weighted by Gasteiger charge is -2.19. The Balaban J connectivity index is 3.16. The number of benzene rings is 1. The van der Waals surface area contributed by atoms with Crippen LogP contribution in [0.5, 0.6) is 5.75 Å². The van der Waals surface area contributed by atoms with Gasteiger partial charge in [0.1, 0.15) is 5.75 Å². The van der Waals surface area contributed by atoms with Gasteiger partial charge in [0, 0.05) is 0 Å². The summed E-state index contributed by atoms with van der Waals surface area (Å²) in [5, 5.41) is 9.78. The lowest BCUT2D eigenvalue weighted by atomic mass is 9.96. The van der Waals surface area contributed by atoms with E-state index in [0.717, 1.165) is 16.9 Å². The molecule has 0 heterocycles. The SMILES string of the molecule is COc1cc(C)cc(C(C)(C)O)c1. The van der Waals surface area contributed by atoms with Crippen molar-refractivity contribution in [3.05, 3.63) is 29.3 Å². The number of hydrogen-bond acceptors (Lipinski definition) is 2. The van der Waals surface area contributed by atoms with Crippen molar-refractivity contribution in [1.29, 1.82) is 0 Å². The lowest BCUT2D eigenvalue weighted by Crippen LogP contribution is -2.15. The van der Waals surface area contributed by atoms with E-state index in [1.807, 2.05) is 25.1 Å². The molecule has 0 aromatic heterocycles. The van der Waals surface area contributed by atoms with E-state index < -0.39 is 5.60 Å². The van der Waals surface area contributed by atoms with E-state index in [0.29, 0.717) is 0 Å². The summed E-state index contributed by atoms with van der Waals surface area (Å²) < 4.78 is 5.12. The highest BCUT2D eigenvalue weighted by atomic mass is 16.5. The third-order valence-electron chi connectivity index (χ3n) is 1.99. The average Bonchev–Trinajstić information content (AvgIpc) is 2.01. The predicted molar refractivity (Wildman–Crippen MR) is 53.0 cm³/mol. The van der Waals surface area contributed by atoms with Gasteiger partial charge in [0.15, 0.2) is 0 Å². The summed E-state index contributed by atoms with van der Waals surface area (Å²) in [6.07, 6.45) is 0. The highest BCUT2D eigenvalue weighted by molar-refractivity contribution is 5.36. The van der Waals surface area contributed by atoms with E-state index in [1.165, 1.54) is 0 Å². The van der Waals surface area contributed by atoms with Crippen molar-refractivity contribution >= 4 is 0 Å². The Morgan fingerprint density at radius 3 is 2.31 bits per heavy atom. The van der Waals surface area contributed by atoms with Crippen LogP contribution in [0.3, 0.4) is 0 Å². The fourth-order valence-corrected chi connectivity index (χ4v) is 1.22. The molecule has 0 saturated heterocycles. The van der Waals surface area contributed by atoms with Gasteiger partial charge in [-0.15, -0.1) is 0 Å². The van der Waals surface area contributed by atoms with Crippen molar-refractivity contribution in [2.75, 3.05) is 7.11 Å². The Bertz CT molecular complexity index is 297. The van der Waals surface area contributed by atoms with Gasteiger partial charge in [-0.2, -0.15) is 0 Å². The predicted octanol–water partition coefficient (Wildman–Crippen LogP) is 2.23. The molecule has 1 aromatic carbocycles. The first-order chi connectivity index (χ1) is 5.93. The summed E-state index contributed by atoms with van der Waals surface area (Å²) in [6.45, 7) is 5.51. The molecule has 0 bridgehead atoms. The van der Waals surface area contributed by atoms with Crippen LogP contribution in [0.1, 0.15) is 25.0 Å². The van der Waals surface area contributed by atoms with E-state index in [4.69, 9.17) is 4.74 Å². The second kappa shape index (κ2) is 3.38. The zero-order valence-corrected chi connectivity index (χ0v) is 8.59. The van der Waals surface area contributed by atoms with E-state index >= 15 is 0 Å².